The molecule has 4 unspecified atom stereocenters. The molecule has 4 N–H and O–H groups in total. The summed E-state index contributed by atoms with van der Waals surface area (Å²) in [7, 11) is 0. The van der Waals surface area contributed by atoms with Gasteiger partial charge in [-0.15, -0.1) is 12.4 Å². The number of nitrogens with zero attached hydrogens (tertiary/aromatic N) is 1. The lowest BCUT2D eigenvalue weighted by atomic mass is 9.76. The van der Waals surface area contributed by atoms with Gasteiger partial charge in [-0.05, 0) is 24.7 Å². The lowest BCUT2D eigenvalue weighted by Gasteiger charge is -2.34. The second-order valence-corrected chi connectivity index (χ2v) is 7.19. The number of hydrogen-bond acceptors (Lipinski definition) is 4. The van der Waals surface area contributed by atoms with E-state index in [-0.39, 0.29) is 30.7 Å². The molecule has 1 heterocycles. The Kier molecular flexibility index (Phi) is 8.46. The first-order chi connectivity index (χ1) is 10.9. The molecule has 0 aromatic heterocycles. The van der Waals surface area contributed by atoms with E-state index in [0.717, 1.165) is 12.8 Å². The summed E-state index contributed by atoms with van der Waals surface area (Å²) in [4.78, 5) is 24.9. The quantitative estimate of drug-likeness (QED) is 0.668. The molecular formula is C17H31ClN2O4. The highest BCUT2D eigenvalue weighted by Crippen LogP contribution is 2.32. The third-order valence-electron chi connectivity index (χ3n) is 5.69. The van der Waals surface area contributed by atoms with Gasteiger partial charge in [0.2, 0.25) is 5.91 Å². The summed E-state index contributed by atoms with van der Waals surface area (Å²) in [5.74, 6) is -0.576. The minimum absolute atomic E-state index is 0. The van der Waals surface area contributed by atoms with E-state index in [0.29, 0.717) is 25.3 Å². The highest BCUT2D eigenvalue weighted by molar-refractivity contribution is 5.85. The molecule has 1 aliphatic heterocycles. The van der Waals surface area contributed by atoms with Crippen molar-refractivity contribution >= 4 is 24.3 Å². The molecule has 24 heavy (non-hydrogen) atoms. The predicted octanol–water partition coefficient (Wildman–Crippen LogP) is 1.78. The predicted molar refractivity (Wildman–Crippen MR) is 94.0 cm³/mol. The Morgan fingerprint density at radius 3 is 2.38 bits per heavy atom. The minimum atomic E-state index is -0.967. The molecule has 0 aromatic carbocycles. The first kappa shape index (κ1) is 21.2. The number of carbonyl (C=O) groups excluding carboxylic acids is 1. The fourth-order valence-corrected chi connectivity index (χ4v) is 4.08. The van der Waals surface area contributed by atoms with Crippen LogP contribution in [0, 0.1) is 11.8 Å². The van der Waals surface area contributed by atoms with Gasteiger partial charge in [0.05, 0.1) is 12.5 Å². The van der Waals surface area contributed by atoms with Gasteiger partial charge in [0.25, 0.3) is 0 Å². The molecule has 7 heteroatoms. The smallest absolute Gasteiger partial charge is 0.326 e. The van der Waals surface area contributed by atoms with Gasteiger partial charge < -0.3 is 20.8 Å². The number of amides is 1. The van der Waals surface area contributed by atoms with Crippen molar-refractivity contribution in [2.45, 2.75) is 76.5 Å². The van der Waals surface area contributed by atoms with Crippen molar-refractivity contribution in [1.82, 2.24) is 4.90 Å². The number of aliphatic hydroxyl groups excluding tert-OH is 1. The van der Waals surface area contributed by atoms with Crippen LogP contribution in [0.3, 0.4) is 0 Å². The van der Waals surface area contributed by atoms with Gasteiger partial charge in [0.15, 0.2) is 0 Å². The number of rotatable bonds is 6. The monoisotopic (exact) mass is 362 g/mol. The molecule has 0 aromatic rings. The fraction of sp³-hybridized carbons (Fsp3) is 0.882. The van der Waals surface area contributed by atoms with Crippen LogP contribution < -0.4 is 5.73 Å². The maximum absolute atomic E-state index is 12.3. The topological polar surface area (TPSA) is 104 Å². The zero-order valence-corrected chi connectivity index (χ0v) is 15.2. The van der Waals surface area contributed by atoms with Gasteiger partial charge in [-0.3, -0.25) is 4.79 Å². The molecule has 140 valence electrons. The normalized spacial score (nSPS) is 25.6. The Morgan fingerprint density at radius 1 is 1.17 bits per heavy atom. The van der Waals surface area contributed by atoms with Crippen LogP contribution in [0.2, 0.25) is 0 Å². The zero-order valence-electron chi connectivity index (χ0n) is 14.4. The van der Waals surface area contributed by atoms with Crippen molar-refractivity contribution in [2.75, 3.05) is 6.54 Å². The van der Waals surface area contributed by atoms with Crippen molar-refractivity contribution in [2.24, 2.45) is 17.6 Å². The van der Waals surface area contributed by atoms with E-state index in [1.165, 1.54) is 24.2 Å². The molecular weight excluding hydrogens is 332 g/mol. The number of aliphatic carboxylic acids is 1. The van der Waals surface area contributed by atoms with Gasteiger partial charge in [0, 0.05) is 12.6 Å². The first-order valence-corrected chi connectivity index (χ1v) is 8.87. The Labute approximate surface area is 150 Å². The van der Waals surface area contributed by atoms with E-state index >= 15 is 0 Å². The highest BCUT2D eigenvalue weighted by Gasteiger charge is 2.36. The minimum Gasteiger partial charge on any atom is -0.480 e. The van der Waals surface area contributed by atoms with E-state index in [1.807, 2.05) is 0 Å². The van der Waals surface area contributed by atoms with Gasteiger partial charge in [-0.1, -0.05) is 39.0 Å². The average molecular weight is 363 g/mol. The second-order valence-electron chi connectivity index (χ2n) is 7.19. The Hall–Kier alpha value is -0.850. The summed E-state index contributed by atoms with van der Waals surface area (Å²) >= 11 is 0. The number of carboxylic acids is 1. The lowest BCUT2D eigenvalue weighted by molar-refractivity contribution is -0.149. The summed E-state index contributed by atoms with van der Waals surface area (Å²) in [5.41, 5.74) is 6.20. The lowest BCUT2D eigenvalue weighted by Crippen LogP contribution is -2.47. The third kappa shape index (κ3) is 5.07. The average Bonchev–Trinajstić information content (AvgIpc) is 3.04. The number of carbonyl (C=O) groups is 2. The number of aliphatic hydroxyl groups is 1. The summed E-state index contributed by atoms with van der Waals surface area (Å²) in [6.45, 7) is 2.51. The molecule has 0 spiro atoms. The van der Waals surface area contributed by atoms with Gasteiger partial charge in [0.1, 0.15) is 6.04 Å². The maximum Gasteiger partial charge on any atom is 0.326 e. The summed E-state index contributed by atoms with van der Waals surface area (Å²) < 4.78 is 0. The van der Waals surface area contributed by atoms with Crippen LogP contribution in [0.5, 0.6) is 0 Å². The summed E-state index contributed by atoms with van der Waals surface area (Å²) in [6.07, 6.45) is 6.17. The zero-order chi connectivity index (χ0) is 17.0. The van der Waals surface area contributed by atoms with Crippen molar-refractivity contribution in [3.63, 3.8) is 0 Å². The van der Waals surface area contributed by atoms with Crippen LogP contribution >= 0.6 is 12.4 Å². The number of halogens is 1. The molecule has 2 fully saturated rings. The number of likely N-dealkylation sites (tertiary alicyclic amines) is 1. The largest absolute Gasteiger partial charge is 0.480 e. The fourth-order valence-electron chi connectivity index (χ4n) is 4.08. The van der Waals surface area contributed by atoms with Crippen molar-refractivity contribution in [3.8, 4) is 0 Å². The maximum atomic E-state index is 12.3. The molecule has 6 nitrogen and oxygen atoms in total. The number of nitrogens with two attached hydrogens (primary N) is 1. The standard InChI is InChI=1S/C17H30N2O4.ClH/c1-11(12-6-3-2-4-7-12)16(18)14(20)10-15(21)19-9-5-8-13(19)17(22)23;/h11-14,16,20H,2-10,18H2,1H3,(H,22,23);1H. The van der Waals surface area contributed by atoms with Crippen molar-refractivity contribution in [1.29, 1.82) is 0 Å². The molecule has 4 atom stereocenters. The molecule has 1 amide bonds. The first-order valence-electron chi connectivity index (χ1n) is 8.87. The molecule has 2 aliphatic rings. The van der Waals surface area contributed by atoms with E-state index < -0.39 is 24.2 Å². The van der Waals surface area contributed by atoms with Gasteiger partial charge in [-0.25, -0.2) is 4.79 Å². The van der Waals surface area contributed by atoms with Crippen LogP contribution in [0.4, 0.5) is 0 Å². The van der Waals surface area contributed by atoms with E-state index in [1.54, 1.807) is 0 Å². The molecule has 0 bridgehead atoms. The van der Waals surface area contributed by atoms with Crippen LogP contribution in [-0.4, -0.2) is 51.7 Å². The van der Waals surface area contributed by atoms with Crippen molar-refractivity contribution < 1.29 is 19.8 Å². The molecule has 1 saturated heterocycles. The van der Waals surface area contributed by atoms with Crippen LogP contribution in [-0.2, 0) is 9.59 Å². The van der Waals surface area contributed by atoms with Crippen LogP contribution in [0.15, 0.2) is 0 Å². The van der Waals surface area contributed by atoms with E-state index in [4.69, 9.17) is 10.8 Å². The molecule has 1 saturated carbocycles. The summed E-state index contributed by atoms with van der Waals surface area (Å²) in [5, 5.41) is 19.5. The van der Waals surface area contributed by atoms with Gasteiger partial charge in [-0.2, -0.15) is 0 Å². The van der Waals surface area contributed by atoms with E-state index in [9.17, 15) is 14.7 Å². The SMILES string of the molecule is CC(C1CCCCC1)C(N)C(O)CC(=O)N1CCCC1C(=O)O.Cl. The van der Waals surface area contributed by atoms with Gasteiger partial charge >= 0.3 is 5.97 Å². The number of carboxylic acid groups (broad SMARTS) is 1. The van der Waals surface area contributed by atoms with Crippen LogP contribution in [0.25, 0.3) is 0 Å². The summed E-state index contributed by atoms with van der Waals surface area (Å²) in [6, 6.07) is -1.19. The molecule has 0 radical (unpaired) electrons. The highest BCUT2D eigenvalue weighted by atomic mass is 35.5. The van der Waals surface area contributed by atoms with Crippen LogP contribution in [0.1, 0.15) is 58.3 Å². The van der Waals surface area contributed by atoms with Crippen molar-refractivity contribution in [3.05, 3.63) is 0 Å². The molecule has 2 rings (SSSR count). The third-order valence-corrected chi connectivity index (χ3v) is 5.69. The Balaban J connectivity index is 0.00000288. The second kappa shape index (κ2) is 9.59. The Bertz CT molecular complexity index is 429. The Morgan fingerprint density at radius 2 is 1.79 bits per heavy atom. The number of hydrogen-bond donors (Lipinski definition) is 3. The molecule has 1 aliphatic carbocycles. The van der Waals surface area contributed by atoms with E-state index in [2.05, 4.69) is 6.92 Å².